The largest absolute Gasteiger partial charge is 0.354 e. The Morgan fingerprint density at radius 2 is 1.88 bits per heavy atom. The van der Waals surface area contributed by atoms with E-state index in [2.05, 4.69) is 49.0 Å². The molecule has 10 heteroatoms. The Morgan fingerprint density at radius 1 is 1.12 bits per heavy atom. The fraction of sp³-hybridized carbons (Fsp3) is 0.438. The van der Waals surface area contributed by atoms with E-state index < -0.39 is 0 Å². The lowest BCUT2D eigenvalue weighted by Crippen LogP contribution is -2.49. The van der Waals surface area contributed by atoms with E-state index in [0.29, 0.717) is 17.5 Å². The van der Waals surface area contributed by atoms with E-state index >= 15 is 0 Å². The Kier molecular flexibility index (Phi) is 4.25. The van der Waals surface area contributed by atoms with Gasteiger partial charge >= 0.3 is 0 Å². The summed E-state index contributed by atoms with van der Waals surface area (Å²) >= 11 is 0. The highest BCUT2D eigenvalue weighted by Gasteiger charge is 2.20. The highest BCUT2D eigenvalue weighted by molar-refractivity contribution is 5.44. The van der Waals surface area contributed by atoms with Crippen molar-refractivity contribution in [2.24, 2.45) is 0 Å². The molecule has 1 aliphatic rings. The van der Waals surface area contributed by atoms with Gasteiger partial charge in [0.05, 0.1) is 18.6 Å². The SMILES string of the molecule is CC(C)N1CCN(c2cc(-n3[nH]cc(-n4ccnn4)c3=O)ncn2)CC1. The van der Waals surface area contributed by atoms with Gasteiger partial charge in [-0.25, -0.2) is 14.6 Å². The molecule has 0 radical (unpaired) electrons. The molecule has 0 spiro atoms. The molecule has 0 atom stereocenters. The van der Waals surface area contributed by atoms with E-state index in [4.69, 9.17) is 0 Å². The van der Waals surface area contributed by atoms with Gasteiger partial charge in [0.25, 0.3) is 5.56 Å². The Bertz CT molecular complexity index is 919. The summed E-state index contributed by atoms with van der Waals surface area (Å²) < 4.78 is 2.80. The second kappa shape index (κ2) is 6.71. The zero-order valence-electron chi connectivity index (χ0n) is 14.8. The predicted octanol–water partition coefficient (Wildman–Crippen LogP) is 0.0667. The van der Waals surface area contributed by atoms with Crippen molar-refractivity contribution < 1.29 is 0 Å². The fourth-order valence-corrected chi connectivity index (χ4v) is 3.13. The summed E-state index contributed by atoms with van der Waals surface area (Å²) in [5.41, 5.74) is 0.137. The number of nitrogens with one attached hydrogen (secondary N) is 1. The minimum absolute atomic E-state index is 0.246. The number of aromatic amines is 1. The van der Waals surface area contributed by atoms with Crippen molar-refractivity contribution in [1.29, 1.82) is 0 Å². The fourth-order valence-electron chi connectivity index (χ4n) is 3.13. The molecule has 26 heavy (non-hydrogen) atoms. The number of H-pyrrole nitrogens is 1. The first kappa shape index (κ1) is 16.5. The zero-order chi connectivity index (χ0) is 18.1. The molecule has 0 aliphatic carbocycles. The van der Waals surface area contributed by atoms with Crippen LogP contribution in [0, 0.1) is 0 Å². The van der Waals surface area contributed by atoms with Crippen LogP contribution >= 0.6 is 0 Å². The predicted molar refractivity (Wildman–Crippen MR) is 95.8 cm³/mol. The summed E-state index contributed by atoms with van der Waals surface area (Å²) in [6.45, 7) is 8.22. The molecule has 136 valence electrons. The van der Waals surface area contributed by atoms with E-state index in [1.54, 1.807) is 12.4 Å². The maximum atomic E-state index is 12.6. The summed E-state index contributed by atoms with van der Waals surface area (Å²) in [6, 6.07) is 2.37. The molecule has 1 fully saturated rings. The maximum Gasteiger partial charge on any atom is 0.298 e. The van der Waals surface area contributed by atoms with Gasteiger partial charge in [-0.2, -0.15) is 4.68 Å². The standard InChI is InChI=1S/C16H21N9O/c1-12(2)22-5-7-23(8-6-22)14-9-15(18-11-17-14)25-16(26)13(10-20-25)24-4-3-19-21-24/h3-4,9-12,20H,5-8H2,1-2H3. The van der Waals surface area contributed by atoms with Gasteiger partial charge in [-0.05, 0) is 13.8 Å². The Balaban J connectivity index is 1.58. The first-order chi connectivity index (χ1) is 12.6. The molecule has 4 heterocycles. The third-order valence-corrected chi connectivity index (χ3v) is 4.66. The minimum Gasteiger partial charge on any atom is -0.354 e. The van der Waals surface area contributed by atoms with Crippen molar-refractivity contribution in [3.05, 3.63) is 41.3 Å². The Hall–Kier alpha value is -3.01. The monoisotopic (exact) mass is 355 g/mol. The van der Waals surface area contributed by atoms with Crippen molar-refractivity contribution in [3.63, 3.8) is 0 Å². The number of aromatic nitrogens is 7. The van der Waals surface area contributed by atoms with Crippen LogP contribution in [0.4, 0.5) is 5.82 Å². The molecule has 0 aromatic carbocycles. The first-order valence-electron chi connectivity index (χ1n) is 8.62. The van der Waals surface area contributed by atoms with Crippen LogP contribution in [0.2, 0.25) is 0 Å². The van der Waals surface area contributed by atoms with Gasteiger partial charge in [-0.1, -0.05) is 5.21 Å². The van der Waals surface area contributed by atoms with E-state index in [0.717, 1.165) is 32.0 Å². The van der Waals surface area contributed by atoms with Crippen molar-refractivity contribution in [2.75, 3.05) is 31.1 Å². The van der Waals surface area contributed by atoms with Crippen LogP contribution in [-0.2, 0) is 0 Å². The van der Waals surface area contributed by atoms with Crippen LogP contribution < -0.4 is 10.5 Å². The van der Waals surface area contributed by atoms with Gasteiger partial charge in [0.1, 0.15) is 12.1 Å². The molecule has 10 nitrogen and oxygen atoms in total. The van der Waals surface area contributed by atoms with Crippen LogP contribution in [0.3, 0.4) is 0 Å². The molecule has 1 saturated heterocycles. The molecule has 4 rings (SSSR count). The minimum atomic E-state index is -0.246. The van der Waals surface area contributed by atoms with Crippen molar-refractivity contribution >= 4 is 5.82 Å². The van der Waals surface area contributed by atoms with E-state index in [1.807, 2.05) is 6.07 Å². The number of hydrogen-bond donors (Lipinski definition) is 1. The number of anilines is 1. The molecule has 0 bridgehead atoms. The lowest BCUT2D eigenvalue weighted by Gasteiger charge is -2.37. The first-order valence-corrected chi connectivity index (χ1v) is 8.62. The molecule has 0 saturated carbocycles. The second-order valence-corrected chi connectivity index (χ2v) is 6.50. The molecule has 3 aromatic rings. The molecule has 1 aliphatic heterocycles. The number of piperazine rings is 1. The molecular weight excluding hydrogens is 334 g/mol. The van der Waals surface area contributed by atoms with Gasteiger partial charge in [0, 0.05) is 38.3 Å². The smallest absolute Gasteiger partial charge is 0.298 e. The van der Waals surface area contributed by atoms with Gasteiger partial charge in [-0.15, -0.1) is 5.10 Å². The Morgan fingerprint density at radius 3 is 2.58 bits per heavy atom. The maximum absolute atomic E-state index is 12.6. The molecular formula is C16H21N9O. The number of rotatable bonds is 4. The normalized spacial score (nSPS) is 15.7. The van der Waals surface area contributed by atoms with Crippen LogP contribution in [0.5, 0.6) is 0 Å². The van der Waals surface area contributed by atoms with Crippen molar-refractivity contribution in [2.45, 2.75) is 19.9 Å². The summed E-state index contributed by atoms with van der Waals surface area (Å²) in [5, 5.41) is 10.5. The average Bonchev–Trinajstić information content (AvgIpc) is 3.31. The van der Waals surface area contributed by atoms with E-state index in [-0.39, 0.29) is 5.56 Å². The molecule has 0 amide bonds. The lowest BCUT2D eigenvalue weighted by molar-refractivity contribution is 0.209. The van der Waals surface area contributed by atoms with Crippen molar-refractivity contribution in [3.8, 4) is 11.5 Å². The van der Waals surface area contributed by atoms with E-state index in [9.17, 15) is 4.79 Å². The van der Waals surface area contributed by atoms with Gasteiger partial charge < -0.3 is 4.90 Å². The topological polar surface area (TPSA) is 101 Å². The third kappa shape index (κ3) is 2.99. The van der Waals surface area contributed by atoms with Gasteiger partial charge in [0.2, 0.25) is 0 Å². The molecule has 3 aromatic heterocycles. The molecule has 1 N–H and O–H groups in total. The Labute approximate surface area is 150 Å². The highest BCUT2D eigenvalue weighted by atomic mass is 16.1. The average molecular weight is 355 g/mol. The summed E-state index contributed by atoms with van der Waals surface area (Å²) in [6.07, 6.45) is 6.22. The summed E-state index contributed by atoms with van der Waals surface area (Å²) in [7, 11) is 0. The van der Waals surface area contributed by atoms with Crippen LogP contribution in [0.15, 0.2) is 35.8 Å². The van der Waals surface area contributed by atoms with E-state index in [1.165, 1.54) is 21.9 Å². The lowest BCUT2D eigenvalue weighted by atomic mass is 10.2. The zero-order valence-corrected chi connectivity index (χ0v) is 14.8. The molecule has 0 unspecified atom stereocenters. The van der Waals surface area contributed by atoms with Gasteiger partial charge in [0.15, 0.2) is 11.5 Å². The summed E-state index contributed by atoms with van der Waals surface area (Å²) in [5.74, 6) is 1.32. The second-order valence-electron chi connectivity index (χ2n) is 6.50. The quantitative estimate of drug-likeness (QED) is 0.706. The van der Waals surface area contributed by atoms with Crippen LogP contribution in [0.25, 0.3) is 11.5 Å². The van der Waals surface area contributed by atoms with Crippen LogP contribution in [-0.4, -0.2) is 71.9 Å². The number of nitrogens with zero attached hydrogens (tertiary/aromatic N) is 8. The van der Waals surface area contributed by atoms with Gasteiger partial charge in [-0.3, -0.25) is 14.8 Å². The van der Waals surface area contributed by atoms with Crippen LogP contribution in [0.1, 0.15) is 13.8 Å². The summed E-state index contributed by atoms with van der Waals surface area (Å²) in [4.78, 5) is 25.9. The highest BCUT2D eigenvalue weighted by Crippen LogP contribution is 2.16. The van der Waals surface area contributed by atoms with Crippen molar-refractivity contribution in [1.82, 2.24) is 39.6 Å². The number of hydrogen-bond acceptors (Lipinski definition) is 7. The third-order valence-electron chi connectivity index (χ3n) is 4.66.